The summed E-state index contributed by atoms with van der Waals surface area (Å²) in [5.74, 6) is 1.09. The predicted octanol–water partition coefficient (Wildman–Crippen LogP) is 3.09. The molecule has 1 rings (SSSR count). The summed E-state index contributed by atoms with van der Waals surface area (Å²) in [5, 5.41) is 0.430. The second-order valence-electron chi connectivity index (χ2n) is 2.44. The van der Waals surface area contributed by atoms with Crippen molar-refractivity contribution in [2.45, 2.75) is 0 Å². The van der Waals surface area contributed by atoms with Crippen molar-refractivity contribution in [3.63, 3.8) is 0 Å². The monoisotopic (exact) mass is 280 g/mol. The molecular weight excluding hydrogens is 271 g/mol. The highest BCUT2D eigenvalue weighted by molar-refractivity contribution is 9.10. The molecule has 0 aliphatic carbocycles. The standard InChI is InChI=1S/C9H10BrClO3/c1-12-5-14-9-6(10)3-4-7(13-2)8(9)11/h3-4H,5H2,1-2H3. The van der Waals surface area contributed by atoms with Crippen LogP contribution in [-0.2, 0) is 4.74 Å². The summed E-state index contributed by atoms with van der Waals surface area (Å²) in [7, 11) is 3.09. The Balaban J connectivity index is 2.99. The number of methoxy groups -OCH3 is 2. The van der Waals surface area contributed by atoms with Crippen molar-refractivity contribution in [3.05, 3.63) is 21.6 Å². The maximum Gasteiger partial charge on any atom is 0.188 e. The van der Waals surface area contributed by atoms with Gasteiger partial charge in [-0.15, -0.1) is 0 Å². The molecule has 78 valence electrons. The Kier molecular flexibility index (Phi) is 4.51. The Morgan fingerprint density at radius 2 is 2.07 bits per heavy atom. The van der Waals surface area contributed by atoms with Crippen molar-refractivity contribution >= 4 is 27.5 Å². The second-order valence-corrected chi connectivity index (χ2v) is 3.68. The van der Waals surface area contributed by atoms with Gasteiger partial charge in [0.2, 0.25) is 0 Å². The second kappa shape index (κ2) is 5.44. The van der Waals surface area contributed by atoms with E-state index in [1.54, 1.807) is 26.4 Å². The van der Waals surface area contributed by atoms with E-state index in [2.05, 4.69) is 15.9 Å². The lowest BCUT2D eigenvalue weighted by Gasteiger charge is -2.11. The first-order valence-corrected chi connectivity index (χ1v) is 5.01. The molecule has 0 amide bonds. The zero-order valence-corrected chi connectivity index (χ0v) is 10.2. The van der Waals surface area contributed by atoms with E-state index >= 15 is 0 Å². The van der Waals surface area contributed by atoms with E-state index in [0.717, 1.165) is 4.47 Å². The summed E-state index contributed by atoms with van der Waals surface area (Å²) in [6, 6.07) is 3.56. The van der Waals surface area contributed by atoms with E-state index in [4.69, 9.17) is 25.8 Å². The zero-order chi connectivity index (χ0) is 10.6. The molecule has 0 fully saturated rings. The van der Waals surface area contributed by atoms with Crippen LogP contribution in [0.3, 0.4) is 0 Å². The minimum absolute atomic E-state index is 0.144. The molecule has 0 unspecified atom stereocenters. The van der Waals surface area contributed by atoms with Crippen LogP contribution in [0.15, 0.2) is 16.6 Å². The molecule has 0 radical (unpaired) electrons. The molecule has 0 aliphatic rings. The van der Waals surface area contributed by atoms with Crippen LogP contribution in [0, 0.1) is 0 Å². The quantitative estimate of drug-likeness (QED) is 0.794. The van der Waals surface area contributed by atoms with Crippen LogP contribution in [0.5, 0.6) is 11.5 Å². The van der Waals surface area contributed by atoms with Gasteiger partial charge in [-0.2, -0.15) is 0 Å². The van der Waals surface area contributed by atoms with Gasteiger partial charge >= 0.3 is 0 Å². The summed E-state index contributed by atoms with van der Waals surface area (Å²) < 4.78 is 15.9. The Hall–Kier alpha value is -0.450. The fourth-order valence-electron chi connectivity index (χ4n) is 0.922. The Bertz CT molecular complexity index is 317. The smallest absolute Gasteiger partial charge is 0.188 e. The molecule has 0 aliphatic heterocycles. The number of rotatable bonds is 4. The van der Waals surface area contributed by atoms with Crippen molar-refractivity contribution in [3.8, 4) is 11.5 Å². The number of hydrogen-bond donors (Lipinski definition) is 0. The predicted molar refractivity (Wildman–Crippen MR) is 58.2 cm³/mol. The van der Waals surface area contributed by atoms with E-state index in [0.29, 0.717) is 16.5 Å². The fraction of sp³-hybridized carbons (Fsp3) is 0.333. The Morgan fingerprint density at radius 1 is 1.36 bits per heavy atom. The maximum atomic E-state index is 6.01. The number of benzene rings is 1. The first kappa shape index (κ1) is 11.6. The van der Waals surface area contributed by atoms with E-state index in [1.807, 2.05) is 0 Å². The van der Waals surface area contributed by atoms with Crippen LogP contribution in [0.1, 0.15) is 0 Å². The molecule has 5 heteroatoms. The summed E-state index contributed by atoms with van der Waals surface area (Å²) >= 11 is 9.33. The highest BCUT2D eigenvalue weighted by Crippen LogP contribution is 2.39. The highest BCUT2D eigenvalue weighted by atomic mass is 79.9. The molecule has 0 atom stereocenters. The molecule has 0 saturated heterocycles. The van der Waals surface area contributed by atoms with Gasteiger partial charge in [-0.1, -0.05) is 11.6 Å². The SMILES string of the molecule is COCOc1c(Br)ccc(OC)c1Cl. The Morgan fingerprint density at radius 3 is 2.64 bits per heavy atom. The van der Waals surface area contributed by atoms with Crippen LogP contribution >= 0.6 is 27.5 Å². The lowest BCUT2D eigenvalue weighted by atomic mass is 10.3. The molecule has 3 nitrogen and oxygen atoms in total. The van der Waals surface area contributed by atoms with Crippen molar-refractivity contribution < 1.29 is 14.2 Å². The van der Waals surface area contributed by atoms with Crippen molar-refractivity contribution in [1.29, 1.82) is 0 Å². The molecular formula is C9H10BrClO3. The highest BCUT2D eigenvalue weighted by Gasteiger charge is 2.11. The van der Waals surface area contributed by atoms with Crippen LogP contribution in [0.2, 0.25) is 5.02 Å². The summed E-state index contributed by atoms with van der Waals surface area (Å²) in [6.07, 6.45) is 0. The number of hydrogen-bond acceptors (Lipinski definition) is 3. The molecule has 1 aromatic rings. The third-order valence-corrected chi connectivity index (χ3v) is 2.54. The lowest BCUT2D eigenvalue weighted by molar-refractivity contribution is 0.0505. The average molecular weight is 282 g/mol. The van der Waals surface area contributed by atoms with Crippen LogP contribution in [0.4, 0.5) is 0 Å². The first-order chi connectivity index (χ1) is 6.70. The van der Waals surface area contributed by atoms with Gasteiger partial charge < -0.3 is 14.2 Å². The van der Waals surface area contributed by atoms with Gasteiger partial charge in [0.25, 0.3) is 0 Å². The maximum absolute atomic E-state index is 6.01. The van der Waals surface area contributed by atoms with E-state index in [-0.39, 0.29) is 6.79 Å². The van der Waals surface area contributed by atoms with Gasteiger partial charge in [0.05, 0.1) is 11.6 Å². The summed E-state index contributed by atoms with van der Waals surface area (Å²) in [5.41, 5.74) is 0. The van der Waals surface area contributed by atoms with Crippen molar-refractivity contribution in [1.82, 2.24) is 0 Å². The topological polar surface area (TPSA) is 27.7 Å². The molecule has 0 saturated carbocycles. The van der Waals surface area contributed by atoms with Gasteiger partial charge in [-0.25, -0.2) is 0 Å². The molecule has 1 aromatic carbocycles. The van der Waals surface area contributed by atoms with Crippen molar-refractivity contribution in [2.24, 2.45) is 0 Å². The zero-order valence-electron chi connectivity index (χ0n) is 7.84. The molecule has 0 heterocycles. The van der Waals surface area contributed by atoms with E-state index in [9.17, 15) is 0 Å². The molecule has 0 spiro atoms. The minimum Gasteiger partial charge on any atom is -0.495 e. The van der Waals surface area contributed by atoms with Gasteiger partial charge in [0.1, 0.15) is 10.8 Å². The largest absolute Gasteiger partial charge is 0.495 e. The number of halogens is 2. The van der Waals surface area contributed by atoms with Gasteiger partial charge in [-0.3, -0.25) is 0 Å². The third kappa shape index (κ3) is 2.53. The molecule has 14 heavy (non-hydrogen) atoms. The molecule has 0 bridgehead atoms. The van der Waals surface area contributed by atoms with E-state index < -0.39 is 0 Å². The van der Waals surface area contributed by atoms with Crippen LogP contribution in [-0.4, -0.2) is 21.0 Å². The molecule has 0 aromatic heterocycles. The third-order valence-electron chi connectivity index (χ3n) is 1.55. The van der Waals surface area contributed by atoms with E-state index in [1.165, 1.54) is 0 Å². The van der Waals surface area contributed by atoms with Gasteiger partial charge in [-0.05, 0) is 28.1 Å². The van der Waals surface area contributed by atoms with Crippen LogP contribution < -0.4 is 9.47 Å². The summed E-state index contributed by atoms with van der Waals surface area (Å²) in [4.78, 5) is 0. The minimum atomic E-state index is 0.144. The normalized spacial score (nSPS) is 10.0. The average Bonchev–Trinajstić information content (AvgIpc) is 2.18. The van der Waals surface area contributed by atoms with Crippen LogP contribution in [0.25, 0.3) is 0 Å². The van der Waals surface area contributed by atoms with Crippen molar-refractivity contribution in [2.75, 3.05) is 21.0 Å². The lowest BCUT2D eigenvalue weighted by Crippen LogP contribution is -2.00. The fourth-order valence-corrected chi connectivity index (χ4v) is 1.78. The Labute approximate surface area is 96.0 Å². The van der Waals surface area contributed by atoms with Gasteiger partial charge in [0, 0.05) is 7.11 Å². The summed E-state index contributed by atoms with van der Waals surface area (Å²) in [6.45, 7) is 0.144. The first-order valence-electron chi connectivity index (χ1n) is 3.84. The van der Waals surface area contributed by atoms with Gasteiger partial charge in [0.15, 0.2) is 12.5 Å². The molecule has 0 N–H and O–H groups in total. The number of ether oxygens (including phenoxy) is 3.